The first kappa shape index (κ1) is 23.5. The molecule has 34 heavy (non-hydrogen) atoms. The Morgan fingerprint density at radius 3 is 2.29 bits per heavy atom. The molecule has 0 saturated carbocycles. The average molecular weight is 472 g/mol. The number of hydrogen-bond donors (Lipinski definition) is 2. The Labute approximate surface area is 205 Å². The molecular formula is C28H29N3O2S. The number of fused-ring (bicyclic) bond motifs is 1. The standard InChI is InChI=1S/C28H29N3O2S/c1-18-5-9-24(10-6-18)29-28(34)31(16-21-7-11-25(33-4)12-8-21)17-23-15-22-13-19(2)20(3)14-26(22)30-27(23)32/h5-15H,16-17H2,1-4H3,(H,29,34)(H,30,32). The van der Waals surface area contributed by atoms with E-state index < -0.39 is 0 Å². The molecule has 0 spiro atoms. The van der Waals surface area contributed by atoms with E-state index >= 15 is 0 Å². The zero-order chi connectivity index (χ0) is 24.2. The van der Waals surface area contributed by atoms with Crippen molar-refractivity contribution >= 4 is 33.9 Å². The number of aromatic amines is 1. The van der Waals surface area contributed by atoms with Gasteiger partial charge in [0.2, 0.25) is 0 Å². The molecule has 4 aromatic rings. The molecule has 0 unspecified atom stereocenters. The first-order valence-corrected chi connectivity index (χ1v) is 11.6. The normalized spacial score (nSPS) is 10.8. The van der Waals surface area contributed by atoms with Gasteiger partial charge in [-0.25, -0.2) is 0 Å². The van der Waals surface area contributed by atoms with Gasteiger partial charge < -0.3 is 19.9 Å². The fourth-order valence-electron chi connectivity index (χ4n) is 3.84. The minimum Gasteiger partial charge on any atom is -0.497 e. The first-order valence-electron chi connectivity index (χ1n) is 11.2. The molecule has 3 aromatic carbocycles. The number of thiocarbonyl (C=S) groups is 1. The van der Waals surface area contributed by atoms with Crippen molar-refractivity contribution in [3.63, 3.8) is 0 Å². The number of hydrogen-bond acceptors (Lipinski definition) is 3. The van der Waals surface area contributed by atoms with E-state index in [4.69, 9.17) is 17.0 Å². The summed E-state index contributed by atoms with van der Waals surface area (Å²) in [6, 6.07) is 22.1. The summed E-state index contributed by atoms with van der Waals surface area (Å²) in [6.07, 6.45) is 0. The highest BCUT2D eigenvalue weighted by atomic mass is 32.1. The predicted molar refractivity (Wildman–Crippen MR) is 144 cm³/mol. The Morgan fingerprint density at radius 1 is 0.941 bits per heavy atom. The van der Waals surface area contributed by atoms with Gasteiger partial charge in [-0.3, -0.25) is 4.79 Å². The van der Waals surface area contributed by atoms with Crippen molar-refractivity contribution in [2.75, 3.05) is 12.4 Å². The maximum absolute atomic E-state index is 13.0. The summed E-state index contributed by atoms with van der Waals surface area (Å²) in [5.74, 6) is 0.798. The zero-order valence-corrected chi connectivity index (χ0v) is 20.8. The van der Waals surface area contributed by atoms with Crippen LogP contribution in [-0.2, 0) is 13.1 Å². The van der Waals surface area contributed by atoms with Gasteiger partial charge in [0, 0.05) is 23.3 Å². The monoisotopic (exact) mass is 471 g/mol. The van der Waals surface area contributed by atoms with Crippen LogP contribution in [0.3, 0.4) is 0 Å². The van der Waals surface area contributed by atoms with Gasteiger partial charge in [-0.2, -0.15) is 0 Å². The third-order valence-corrected chi connectivity index (χ3v) is 6.38. The number of nitrogens with zero attached hydrogens (tertiary/aromatic N) is 1. The molecule has 4 rings (SSSR count). The molecule has 1 aromatic heterocycles. The number of aryl methyl sites for hydroxylation is 3. The molecule has 0 bridgehead atoms. The number of aromatic nitrogens is 1. The van der Waals surface area contributed by atoms with Crippen molar-refractivity contribution in [3.05, 3.63) is 105 Å². The summed E-state index contributed by atoms with van der Waals surface area (Å²) >= 11 is 5.79. The van der Waals surface area contributed by atoms with Crippen LogP contribution in [0.1, 0.15) is 27.8 Å². The second-order valence-electron chi connectivity index (χ2n) is 8.65. The number of methoxy groups -OCH3 is 1. The van der Waals surface area contributed by atoms with Gasteiger partial charge >= 0.3 is 0 Å². The van der Waals surface area contributed by atoms with Gasteiger partial charge in [0.15, 0.2) is 5.11 Å². The van der Waals surface area contributed by atoms with Crippen molar-refractivity contribution in [2.45, 2.75) is 33.9 Å². The average Bonchev–Trinajstić information content (AvgIpc) is 2.82. The highest BCUT2D eigenvalue weighted by Gasteiger charge is 2.15. The number of rotatable bonds is 6. The van der Waals surface area contributed by atoms with E-state index in [1.807, 2.05) is 79.4 Å². The van der Waals surface area contributed by atoms with Crippen LogP contribution in [0.25, 0.3) is 10.9 Å². The van der Waals surface area contributed by atoms with Crippen LogP contribution >= 0.6 is 12.2 Å². The Kier molecular flexibility index (Phi) is 6.98. The van der Waals surface area contributed by atoms with E-state index in [9.17, 15) is 4.79 Å². The number of benzene rings is 3. The summed E-state index contributed by atoms with van der Waals surface area (Å²) in [6.45, 7) is 7.10. The minimum atomic E-state index is -0.103. The van der Waals surface area contributed by atoms with Gasteiger partial charge in [-0.1, -0.05) is 29.8 Å². The molecule has 0 aliphatic heterocycles. The second kappa shape index (κ2) is 10.1. The van der Waals surface area contributed by atoms with Crippen LogP contribution < -0.4 is 15.6 Å². The lowest BCUT2D eigenvalue weighted by Gasteiger charge is -2.26. The Balaban J connectivity index is 1.65. The van der Waals surface area contributed by atoms with E-state index in [-0.39, 0.29) is 5.56 Å². The van der Waals surface area contributed by atoms with E-state index in [1.54, 1.807) is 7.11 Å². The summed E-state index contributed by atoms with van der Waals surface area (Å²) < 4.78 is 5.28. The third-order valence-electron chi connectivity index (χ3n) is 6.02. The van der Waals surface area contributed by atoms with Crippen LogP contribution in [0.5, 0.6) is 5.75 Å². The topological polar surface area (TPSA) is 57.4 Å². The summed E-state index contributed by atoms with van der Waals surface area (Å²) in [4.78, 5) is 18.0. The molecule has 0 aliphatic carbocycles. The second-order valence-corrected chi connectivity index (χ2v) is 9.03. The van der Waals surface area contributed by atoms with Crippen molar-refractivity contribution in [1.82, 2.24) is 9.88 Å². The lowest BCUT2D eigenvalue weighted by molar-refractivity contribution is 0.406. The van der Waals surface area contributed by atoms with Crippen molar-refractivity contribution in [1.29, 1.82) is 0 Å². The highest BCUT2D eigenvalue weighted by Crippen LogP contribution is 2.20. The van der Waals surface area contributed by atoms with Crippen molar-refractivity contribution in [3.8, 4) is 5.75 Å². The fourth-order valence-corrected chi connectivity index (χ4v) is 4.08. The van der Waals surface area contributed by atoms with Crippen LogP contribution in [0.15, 0.2) is 71.5 Å². The summed E-state index contributed by atoms with van der Waals surface area (Å²) in [7, 11) is 1.65. The molecule has 0 atom stereocenters. The summed E-state index contributed by atoms with van der Waals surface area (Å²) in [5, 5.41) is 4.89. The SMILES string of the molecule is COc1ccc(CN(Cc2cc3cc(C)c(C)cc3[nH]c2=O)C(=S)Nc2ccc(C)cc2)cc1. The van der Waals surface area contributed by atoms with E-state index in [1.165, 1.54) is 11.1 Å². The predicted octanol–water partition coefficient (Wildman–Crippen LogP) is 5.86. The first-order chi connectivity index (χ1) is 16.3. The largest absolute Gasteiger partial charge is 0.497 e. The van der Waals surface area contributed by atoms with E-state index in [0.29, 0.717) is 23.8 Å². The van der Waals surface area contributed by atoms with Crippen LogP contribution in [0.4, 0.5) is 5.69 Å². The smallest absolute Gasteiger partial charge is 0.253 e. The number of anilines is 1. The number of H-pyrrole nitrogens is 1. The molecule has 2 N–H and O–H groups in total. The van der Waals surface area contributed by atoms with Gasteiger partial charge in [-0.05, 0) is 97.5 Å². The Morgan fingerprint density at radius 2 is 1.62 bits per heavy atom. The number of pyridine rings is 1. The van der Waals surface area contributed by atoms with Crippen molar-refractivity contribution in [2.24, 2.45) is 0 Å². The molecule has 1 heterocycles. The molecule has 0 amide bonds. The molecule has 174 valence electrons. The van der Waals surface area contributed by atoms with Crippen LogP contribution in [0.2, 0.25) is 0 Å². The van der Waals surface area contributed by atoms with Gasteiger partial charge in [0.05, 0.1) is 13.7 Å². The van der Waals surface area contributed by atoms with Gasteiger partial charge in [0.1, 0.15) is 5.75 Å². The van der Waals surface area contributed by atoms with Gasteiger partial charge in [0.25, 0.3) is 5.56 Å². The fraction of sp³-hybridized carbons (Fsp3) is 0.214. The zero-order valence-electron chi connectivity index (χ0n) is 19.9. The molecule has 0 radical (unpaired) electrons. The molecule has 0 fully saturated rings. The Bertz CT molecular complexity index is 1380. The van der Waals surface area contributed by atoms with Gasteiger partial charge in [-0.15, -0.1) is 0 Å². The van der Waals surface area contributed by atoms with Crippen LogP contribution in [0, 0.1) is 20.8 Å². The molecule has 5 nitrogen and oxygen atoms in total. The lowest BCUT2D eigenvalue weighted by Crippen LogP contribution is -2.35. The third kappa shape index (κ3) is 5.46. The van der Waals surface area contributed by atoms with E-state index in [2.05, 4.69) is 23.3 Å². The maximum Gasteiger partial charge on any atom is 0.253 e. The van der Waals surface area contributed by atoms with Crippen molar-refractivity contribution < 1.29 is 4.74 Å². The molecule has 0 aliphatic rings. The summed E-state index contributed by atoms with van der Waals surface area (Å²) in [5.41, 5.74) is 6.91. The quantitative estimate of drug-likeness (QED) is 0.345. The lowest BCUT2D eigenvalue weighted by atomic mass is 10.0. The minimum absolute atomic E-state index is 0.103. The Hall–Kier alpha value is -3.64. The maximum atomic E-state index is 13.0. The van der Waals surface area contributed by atoms with E-state index in [0.717, 1.165) is 33.5 Å². The highest BCUT2D eigenvalue weighted by molar-refractivity contribution is 7.80. The molecule has 0 saturated heterocycles. The molecule has 6 heteroatoms. The number of nitrogens with one attached hydrogen (secondary N) is 2. The molecular weight excluding hydrogens is 442 g/mol. The van der Waals surface area contributed by atoms with Crippen LogP contribution in [-0.4, -0.2) is 22.1 Å². The number of ether oxygens (including phenoxy) is 1.